The van der Waals surface area contributed by atoms with Gasteiger partial charge in [0.2, 0.25) is 0 Å². The Hall–Kier alpha value is -0.460. The summed E-state index contributed by atoms with van der Waals surface area (Å²) in [5, 5.41) is 0. The normalized spacial score (nSPS) is 23.2. The van der Waals surface area contributed by atoms with Gasteiger partial charge in [-0.1, -0.05) is 19.8 Å². The molecule has 0 aromatic carbocycles. The lowest BCUT2D eigenvalue weighted by Gasteiger charge is -2.18. The Morgan fingerprint density at radius 1 is 1.45 bits per heavy atom. The average molecular weight is 154 g/mol. The van der Waals surface area contributed by atoms with Crippen LogP contribution in [0.25, 0.3) is 0 Å². The van der Waals surface area contributed by atoms with Gasteiger partial charge in [-0.05, 0) is 31.8 Å². The number of allylic oxidation sites excluding steroid dienone is 1. The summed E-state index contributed by atoms with van der Waals surface area (Å²) in [7, 11) is 0. The Balaban J connectivity index is 2.02. The first kappa shape index (κ1) is 8.63. The lowest BCUT2D eigenvalue weighted by Crippen LogP contribution is -2.11. The van der Waals surface area contributed by atoms with E-state index in [-0.39, 0.29) is 0 Å². The molecule has 0 saturated carbocycles. The van der Waals surface area contributed by atoms with Crippen LogP contribution in [0.15, 0.2) is 12.3 Å². The third kappa shape index (κ3) is 3.45. The third-order valence-electron chi connectivity index (χ3n) is 2.15. The summed E-state index contributed by atoms with van der Waals surface area (Å²) in [6, 6.07) is 0. The third-order valence-corrected chi connectivity index (χ3v) is 2.15. The molecular formula is C10H18O. The molecule has 0 amide bonds. The van der Waals surface area contributed by atoms with Gasteiger partial charge in [-0.3, -0.25) is 0 Å². The zero-order valence-electron chi connectivity index (χ0n) is 7.38. The summed E-state index contributed by atoms with van der Waals surface area (Å²) in [6.45, 7) is 2.24. The number of rotatable bonds is 4. The van der Waals surface area contributed by atoms with E-state index in [1.165, 1.54) is 38.5 Å². The maximum Gasteiger partial charge on any atom is 0.0981 e. The molecule has 0 aliphatic carbocycles. The molecule has 1 heteroatoms. The summed E-state index contributed by atoms with van der Waals surface area (Å²) >= 11 is 0. The van der Waals surface area contributed by atoms with Gasteiger partial charge in [0, 0.05) is 0 Å². The first-order chi connectivity index (χ1) is 5.43. The molecule has 1 atom stereocenters. The molecule has 0 unspecified atom stereocenters. The van der Waals surface area contributed by atoms with Crippen LogP contribution in [0.1, 0.15) is 45.4 Å². The van der Waals surface area contributed by atoms with Crippen LogP contribution in [-0.4, -0.2) is 6.10 Å². The zero-order chi connectivity index (χ0) is 7.94. The van der Waals surface area contributed by atoms with Crippen molar-refractivity contribution in [1.29, 1.82) is 0 Å². The first-order valence-electron chi connectivity index (χ1n) is 4.74. The lowest BCUT2D eigenvalue weighted by molar-refractivity contribution is 0.113. The highest BCUT2D eigenvalue weighted by molar-refractivity contribution is 4.81. The van der Waals surface area contributed by atoms with E-state index in [1.54, 1.807) is 0 Å². The van der Waals surface area contributed by atoms with E-state index in [9.17, 15) is 0 Å². The molecule has 0 aromatic heterocycles. The van der Waals surface area contributed by atoms with Crippen LogP contribution in [-0.2, 0) is 4.74 Å². The maximum atomic E-state index is 5.44. The van der Waals surface area contributed by atoms with E-state index in [0.717, 1.165) is 0 Å². The van der Waals surface area contributed by atoms with Gasteiger partial charge >= 0.3 is 0 Å². The molecule has 1 rings (SSSR count). The number of hydrogen-bond donors (Lipinski definition) is 0. The van der Waals surface area contributed by atoms with Crippen LogP contribution in [0.2, 0.25) is 0 Å². The van der Waals surface area contributed by atoms with Gasteiger partial charge in [0.15, 0.2) is 0 Å². The van der Waals surface area contributed by atoms with E-state index in [4.69, 9.17) is 4.74 Å². The molecule has 0 spiro atoms. The van der Waals surface area contributed by atoms with Gasteiger partial charge in [-0.2, -0.15) is 0 Å². The largest absolute Gasteiger partial charge is 0.498 e. The fourth-order valence-electron chi connectivity index (χ4n) is 1.42. The average Bonchev–Trinajstić information content (AvgIpc) is 2.07. The molecule has 0 saturated heterocycles. The number of hydrogen-bond acceptors (Lipinski definition) is 1. The molecule has 0 N–H and O–H groups in total. The minimum Gasteiger partial charge on any atom is -0.498 e. The highest BCUT2D eigenvalue weighted by Gasteiger charge is 2.09. The second-order valence-electron chi connectivity index (χ2n) is 3.20. The van der Waals surface area contributed by atoms with Crippen molar-refractivity contribution >= 4 is 0 Å². The van der Waals surface area contributed by atoms with Crippen molar-refractivity contribution in [3.63, 3.8) is 0 Å². The minimum absolute atomic E-state index is 0.520. The Labute approximate surface area is 69.4 Å². The maximum absolute atomic E-state index is 5.44. The van der Waals surface area contributed by atoms with Crippen LogP contribution in [0.3, 0.4) is 0 Å². The van der Waals surface area contributed by atoms with Crippen molar-refractivity contribution in [2.24, 2.45) is 0 Å². The predicted molar refractivity (Wildman–Crippen MR) is 47.4 cm³/mol. The molecule has 1 heterocycles. The Bertz CT molecular complexity index is 118. The van der Waals surface area contributed by atoms with E-state index >= 15 is 0 Å². The Morgan fingerprint density at radius 3 is 3.00 bits per heavy atom. The van der Waals surface area contributed by atoms with Crippen molar-refractivity contribution in [3.05, 3.63) is 12.3 Å². The fraction of sp³-hybridized carbons (Fsp3) is 0.800. The lowest BCUT2D eigenvalue weighted by atomic mass is 10.1. The molecular weight excluding hydrogens is 136 g/mol. The summed E-state index contributed by atoms with van der Waals surface area (Å²) in [6.07, 6.45) is 12.2. The molecule has 0 bridgehead atoms. The molecule has 0 aromatic rings. The Morgan fingerprint density at radius 2 is 2.36 bits per heavy atom. The fourth-order valence-corrected chi connectivity index (χ4v) is 1.42. The van der Waals surface area contributed by atoms with Gasteiger partial charge in [-0.15, -0.1) is 0 Å². The SMILES string of the molecule is CCCCC[C@@H]1CCC=CO1. The predicted octanol–water partition coefficient (Wildman–Crippen LogP) is 3.26. The van der Waals surface area contributed by atoms with E-state index in [2.05, 4.69) is 13.0 Å². The molecule has 64 valence electrons. The summed E-state index contributed by atoms with van der Waals surface area (Å²) in [5.41, 5.74) is 0. The van der Waals surface area contributed by atoms with E-state index < -0.39 is 0 Å². The van der Waals surface area contributed by atoms with Crippen LogP contribution in [0, 0.1) is 0 Å². The first-order valence-corrected chi connectivity index (χ1v) is 4.74. The highest BCUT2D eigenvalue weighted by atomic mass is 16.5. The second-order valence-corrected chi connectivity index (χ2v) is 3.20. The summed E-state index contributed by atoms with van der Waals surface area (Å²) in [5.74, 6) is 0. The van der Waals surface area contributed by atoms with Crippen molar-refractivity contribution in [3.8, 4) is 0 Å². The smallest absolute Gasteiger partial charge is 0.0981 e. The highest BCUT2D eigenvalue weighted by Crippen LogP contribution is 2.16. The molecule has 11 heavy (non-hydrogen) atoms. The number of unbranched alkanes of at least 4 members (excludes halogenated alkanes) is 2. The van der Waals surface area contributed by atoms with Crippen LogP contribution < -0.4 is 0 Å². The molecule has 1 aliphatic heterocycles. The quantitative estimate of drug-likeness (QED) is 0.565. The zero-order valence-corrected chi connectivity index (χ0v) is 7.38. The van der Waals surface area contributed by atoms with E-state index in [0.29, 0.717) is 6.10 Å². The van der Waals surface area contributed by atoms with Crippen molar-refractivity contribution in [2.75, 3.05) is 0 Å². The van der Waals surface area contributed by atoms with Crippen LogP contribution >= 0.6 is 0 Å². The van der Waals surface area contributed by atoms with Crippen LogP contribution in [0.5, 0.6) is 0 Å². The van der Waals surface area contributed by atoms with Crippen molar-refractivity contribution in [1.82, 2.24) is 0 Å². The van der Waals surface area contributed by atoms with Crippen molar-refractivity contribution < 1.29 is 4.74 Å². The van der Waals surface area contributed by atoms with Crippen LogP contribution in [0.4, 0.5) is 0 Å². The standard InChI is InChI=1S/C10H18O/c1-2-3-4-7-10-8-5-6-9-11-10/h6,9-10H,2-5,7-8H2,1H3/t10-/m1/s1. The minimum atomic E-state index is 0.520. The summed E-state index contributed by atoms with van der Waals surface area (Å²) < 4.78 is 5.44. The van der Waals surface area contributed by atoms with Gasteiger partial charge in [0.1, 0.15) is 0 Å². The van der Waals surface area contributed by atoms with Gasteiger partial charge in [0.25, 0.3) is 0 Å². The number of ether oxygens (including phenoxy) is 1. The van der Waals surface area contributed by atoms with Gasteiger partial charge in [0.05, 0.1) is 12.4 Å². The summed E-state index contributed by atoms with van der Waals surface area (Å²) in [4.78, 5) is 0. The van der Waals surface area contributed by atoms with Gasteiger partial charge < -0.3 is 4.74 Å². The van der Waals surface area contributed by atoms with Gasteiger partial charge in [-0.25, -0.2) is 0 Å². The molecule has 1 nitrogen and oxygen atoms in total. The second kappa shape index (κ2) is 5.22. The molecule has 0 fully saturated rings. The van der Waals surface area contributed by atoms with Crippen molar-refractivity contribution in [2.45, 2.75) is 51.6 Å². The Kier molecular flexibility index (Phi) is 4.10. The van der Waals surface area contributed by atoms with E-state index in [1.807, 2.05) is 6.26 Å². The molecule has 0 radical (unpaired) electrons. The molecule has 1 aliphatic rings. The topological polar surface area (TPSA) is 9.23 Å². The monoisotopic (exact) mass is 154 g/mol.